The standard InChI is InChI=1S/C19H19N5O3/c1-12-10-21-19(22-13-4-3-5-15(8-13)25-2)24(18(12)23-27-19)14-6-7-17-16(9-14)20-11-26-17/h3-10,20,22-23H,11H2,1-2H3. The van der Waals surface area contributed by atoms with E-state index in [9.17, 15) is 0 Å². The number of fused-ring (bicyclic) bond motifs is 3. The van der Waals surface area contributed by atoms with Crippen LogP contribution in [0.1, 0.15) is 6.92 Å². The van der Waals surface area contributed by atoms with Crippen LogP contribution < -0.4 is 30.5 Å². The van der Waals surface area contributed by atoms with Crippen LogP contribution in [0.2, 0.25) is 0 Å². The van der Waals surface area contributed by atoms with E-state index in [2.05, 4.69) is 21.1 Å². The fraction of sp³-hybridized carbons (Fsp3) is 0.211. The highest BCUT2D eigenvalue weighted by Crippen LogP contribution is 2.42. The summed E-state index contributed by atoms with van der Waals surface area (Å²) < 4.78 is 10.8. The van der Waals surface area contributed by atoms with E-state index in [1.807, 2.05) is 54.3 Å². The van der Waals surface area contributed by atoms with Crippen molar-refractivity contribution in [1.29, 1.82) is 0 Å². The van der Waals surface area contributed by atoms with E-state index >= 15 is 0 Å². The molecule has 2 aromatic rings. The molecule has 0 radical (unpaired) electrons. The van der Waals surface area contributed by atoms with Gasteiger partial charge in [0.1, 0.15) is 17.3 Å². The first-order valence-electron chi connectivity index (χ1n) is 8.62. The molecule has 8 nitrogen and oxygen atoms in total. The van der Waals surface area contributed by atoms with Crippen LogP contribution in [0, 0.1) is 0 Å². The molecule has 1 unspecified atom stereocenters. The summed E-state index contributed by atoms with van der Waals surface area (Å²) >= 11 is 0. The second-order valence-electron chi connectivity index (χ2n) is 6.44. The Bertz CT molecular complexity index is 974. The fourth-order valence-electron chi connectivity index (χ4n) is 3.37. The van der Waals surface area contributed by atoms with Gasteiger partial charge in [-0.1, -0.05) is 6.07 Å². The van der Waals surface area contributed by atoms with E-state index < -0.39 is 5.97 Å². The Morgan fingerprint density at radius 3 is 3.07 bits per heavy atom. The molecular formula is C19H19N5O3. The normalized spacial score (nSPS) is 22.1. The van der Waals surface area contributed by atoms with Crippen molar-refractivity contribution in [3.05, 3.63) is 53.9 Å². The largest absolute Gasteiger partial charge is 0.497 e. The Balaban J connectivity index is 1.56. The first-order chi connectivity index (χ1) is 13.2. The van der Waals surface area contributed by atoms with Crippen LogP contribution >= 0.6 is 0 Å². The second-order valence-corrected chi connectivity index (χ2v) is 6.44. The minimum Gasteiger partial charge on any atom is -0.497 e. The lowest BCUT2D eigenvalue weighted by atomic mass is 10.2. The number of hydroxylamine groups is 1. The summed E-state index contributed by atoms with van der Waals surface area (Å²) in [5.41, 5.74) is 6.66. The lowest BCUT2D eigenvalue weighted by molar-refractivity contribution is -0.0214. The third kappa shape index (κ3) is 2.45. The summed E-state index contributed by atoms with van der Waals surface area (Å²) in [6, 6.07) is 13.6. The zero-order valence-corrected chi connectivity index (χ0v) is 14.9. The Kier molecular flexibility index (Phi) is 3.41. The maximum Gasteiger partial charge on any atom is 0.351 e. The predicted octanol–water partition coefficient (Wildman–Crippen LogP) is 2.84. The van der Waals surface area contributed by atoms with Crippen molar-refractivity contribution >= 4 is 23.3 Å². The first-order valence-corrected chi connectivity index (χ1v) is 8.62. The summed E-state index contributed by atoms with van der Waals surface area (Å²) in [4.78, 5) is 12.6. The Labute approximate surface area is 156 Å². The summed E-state index contributed by atoms with van der Waals surface area (Å²) in [5, 5.41) is 6.59. The van der Waals surface area contributed by atoms with Crippen LogP contribution in [0.3, 0.4) is 0 Å². The van der Waals surface area contributed by atoms with Crippen molar-refractivity contribution in [2.45, 2.75) is 12.9 Å². The molecule has 1 fully saturated rings. The minimum atomic E-state index is -1.14. The van der Waals surface area contributed by atoms with Crippen LogP contribution in [0.5, 0.6) is 11.5 Å². The van der Waals surface area contributed by atoms with Crippen molar-refractivity contribution in [2.24, 2.45) is 4.99 Å². The van der Waals surface area contributed by atoms with Gasteiger partial charge < -0.3 is 20.1 Å². The monoisotopic (exact) mass is 365 g/mol. The van der Waals surface area contributed by atoms with Gasteiger partial charge >= 0.3 is 5.97 Å². The van der Waals surface area contributed by atoms with Crippen molar-refractivity contribution < 1.29 is 14.3 Å². The summed E-state index contributed by atoms with van der Waals surface area (Å²) in [6.45, 7) is 2.46. The van der Waals surface area contributed by atoms with E-state index in [-0.39, 0.29) is 0 Å². The Morgan fingerprint density at radius 2 is 2.19 bits per heavy atom. The maximum atomic E-state index is 5.92. The number of nitrogens with zero attached hydrogens (tertiary/aromatic N) is 2. The van der Waals surface area contributed by atoms with Crippen molar-refractivity contribution in [2.75, 3.05) is 29.4 Å². The second kappa shape index (κ2) is 5.82. The third-order valence-electron chi connectivity index (χ3n) is 4.71. The quantitative estimate of drug-likeness (QED) is 0.769. The van der Waals surface area contributed by atoms with Gasteiger partial charge in [-0.3, -0.25) is 4.90 Å². The summed E-state index contributed by atoms with van der Waals surface area (Å²) in [7, 11) is 1.64. The molecule has 0 amide bonds. The van der Waals surface area contributed by atoms with Gasteiger partial charge in [0.2, 0.25) is 0 Å². The van der Waals surface area contributed by atoms with E-state index in [1.165, 1.54) is 0 Å². The van der Waals surface area contributed by atoms with Gasteiger partial charge in [0.05, 0.1) is 18.5 Å². The molecule has 0 aromatic heterocycles. The molecule has 1 saturated heterocycles. The lowest BCUT2D eigenvalue weighted by Crippen LogP contribution is -2.51. The minimum absolute atomic E-state index is 0.473. The van der Waals surface area contributed by atoms with Gasteiger partial charge in [0.15, 0.2) is 6.73 Å². The third-order valence-corrected chi connectivity index (χ3v) is 4.71. The van der Waals surface area contributed by atoms with E-state index in [4.69, 9.17) is 14.3 Å². The number of benzene rings is 2. The molecule has 0 saturated carbocycles. The van der Waals surface area contributed by atoms with Crippen molar-refractivity contribution in [1.82, 2.24) is 5.48 Å². The SMILES string of the molecule is COc1cccc(NC23N=CC(C)=C(NO2)N3c2ccc3c(c2)NCO3)c1. The highest BCUT2D eigenvalue weighted by atomic mass is 16.7. The number of aliphatic imine (C=N–C) groups is 1. The predicted molar refractivity (Wildman–Crippen MR) is 103 cm³/mol. The maximum absolute atomic E-state index is 5.92. The summed E-state index contributed by atoms with van der Waals surface area (Å²) in [5.74, 6) is 1.27. The van der Waals surface area contributed by atoms with Gasteiger partial charge in [-0.2, -0.15) is 0 Å². The van der Waals surface area contributed by atoms with Crippen molar-refractivity contribution in [3.63, 3.8) is 0 Å². The molecule has 27 heavy (non-hydrogen) atoms. The fourth-order valence-corrected chi connectivity index (χ4v) is 3.37. The van der Waals surface area contributed by atoms with Gasteiger partial charge in [-0.15, -0.1) is 0 Å². The highest BCUT2D eigenvalue weighted by Gasteiger charge is 2.49. The topological polar surface area (TPSA) is 79.4 Å². The highest BCUT2D eigenvalue weighted by molar-refractivity contribution is 5.85. The average Bonchev–Trinajstić information content (AvgIpc) is 3.26. The van der Waals surface area contributed by atoms with Crippen LogP contribution in [0.25, 0.3) is 0 Å². The number of methoxy groups -OCH3 is 1. The van der Waals surface area contributed by atoms with Crippen LogP contribution in [-0.4, -0.2) is 26.0 Å². The molecule has 3 heterocycles. The molecule has 0 aliphatic carbocycles. The molecule has 3 aliphatic rings. The molecule has 3 N–H and O–H groups in total. The summed E-state index contributed by atoms with van der Waals surface area (Å²) in [6.07, 6.45) is 1.80. The van der Waals surface area contributed by atoms with E-state index in [1.54, 1.807) is 13.3 Å². The van der Waals surface area contributed by atoms with Gasteiger partial charge in [-0.25, -0.2) is 15.3 Å². The van der Waals surface area contributed by atoms with Crippen LogP contribution in [0.15, 0.2) is 58.9 Å². The smallest absolute Gasteiger partial charge is 0.351 e. The average molecular weight is 365 g/mol. The number of rotatable bonds is 4. The zero-order valence-electron chi connectivity index (χ0n) is 14.9. The zero-order chi connectivity index (χ0) is 18.4. The van der Waals surface area contributed by atoms with Gasteiger partial charge in [-0.05, 0) is 37.3 Å². The molecule has 2 bridgehead atoms. The molecular weight excluding hydrogens is 346 g/mol. The van der Waals surface area contributed by atoms with Gasteiger partial charge in [0, 0.05) is 23.5 Å². The first kappa shape index (κ1) is 15.8. The Hall–Kier alpha value is -3.39. The van der Waals surface area contributed by atoms with E-state index in [0.29, 0.717) is 6.73 Å². The number of hydrogen-bond donors (Lipinski definition) is 3. The number of hydrogen-bond acceptors (Lipinski definition) is 8. The van der Waals surface area contributed by atoms with E-state index in [0.717, 1.165) is 40.0 Å². The van der Waals surface area contributed by atoms with Crippen LogP contribution in [-0.2, 0) is 4.84 Å². The number of nitrogens with one attached hydrogen (secondary N) is 3. The number of ether oxygens (including phenoxy) is 2. The molecule has 138 valence electrons. The molecule has 5 rings (SSSR count). The molecule has 2 aromatic carbocycles. The molecule has 8 heteroatoms. The number of allylic oxidation sites excluding steroid dienone is 1. The van der Waals surface area contributed by atoms with Gasteiger partial charge in [0.25, 0.3) is 0 Å². The molecule has 0 spiro atoms. The molecule has 3 aliphatic heterocycles. The van der Waals surface area contributed by atoms with Crippen molar-refractivity contribution in [3.8, 4) is 11.5 Å². The molecule has 1 atom stereocenters. The number of anilines is 3. The Morgan fingerprint density at radius 1 is 1.26 bits per heavy atom. The van der Waals surface area contributed by atoms with Crippen LogP contribution in [0.4, 0.5) is 17.1 Å². The lowest BCUT2D eigenvalue weighted by Gasteiger charge is -2.36.